The Balaban J connectivity index is 0.00000312. The Labute approximate surface area is 157 Å². The second kappa shape index (κ2) is 9.60. The van der Waals surface area contributed by atoms with Crippen LogP contribution in [0.15, 0.2) is 34.3 Å². The van der Waals surface area contributed by atoms with E-state index < -0.39 is 0 Å². The Morgan fingerprint density at radius 2 is 2.08 bits per heavy atom. The fourth-order valence-electron chi connectivity index (χ4n) is 2.13. The molecule has 138 valence electrons. The number of anilines is 1. The molecule has 25 heavy (non-hydrogen) atoms. The molecule has 0 aliphatic rings. The van der Waals surface area contributed by atoms with Gasteiger partial charge < -0.3 is 20.4 Å². The molecule has 0 radical (unpaired) electrons. The highest BCUT2D eigenvalue weighted by Gasteiger charge is 2.20. The molecule has 2 heterocycles. The standard InChI is InChI=1S/C17H23N3O3S.ClH/c1-11(2)13(18)6-8-20(3)17(22)12-7-10-24-16(12)19-15(21)14-5-4-9-23-14;/h4-5,7,9-11,13H,6,8,18H2,1-3H3,(H,19,21);1H. The normalized spacial score (nSPS) is 11.7. The molecule has 0 aliphatic heterocycles. The molecule has 2 rings (SSSR count). The molecule has 8 heteroatoms. The summed E-state index contributed by atoms with van der Waals surface area (Å²) in [6.45, 7) is 4.70. The number of carbonyl (C=O) groups is 2. The van der Waals surface area contributed by atoms with E-state index >= 15 is 0 Å². The van der Waals surface area contributed by atoms with Crippen molar-refractivity contribution in [2.24, 2.45) is 11.7 Å². The lowest BCUT2D eigenvalue weighted by atomic mass is 10.0. The van der Waals surface area contributed by atoms with E-state index in [1.807, 2.05) is 0 Å². The average molecular weight is 386 g/mol. The van der Waals surface area contributed by atoms with Gasteiger partial charge >= 0.3 is 0 Å². The maximum atomic E-state index is 12.6. The van der Waals surface area contributed by atoms with Gasteiger partial charge in [0.15, 0.2) is 5.76 Å². The van der Waals surface area contributed by atoms with Gasteiger partial charge in [-0.2, -0.15) is 0 Å². The first-order valence-corrected chi connectivity index (χ1v) is 8.71. The van der Waals surface area contributed by atoms with Gasteiger partial charge in [-0.1, -0.05) is 13.8 Å². The van der Waals surface area contributed by atoms with Crippen molar-refractivity contribution in [3.8, 4) is 0 Å². The summed E-state index contributed by atoms with van der Waals surface area (Å²) in [5.41, 5.74) is 6.50. The fraction of sp³-hybridized carbons (Fsp3) is 0.412. The number of nitrogens with two attached hydrogens (primary N) is 1. The maximum absolute atomic E-state index is 12.6. The van der Waals surface area contributed by atoms with Gasteiger partial charge in [-0.25, -0.2) is 0 Å². The molecule has 0 aromatic carbocycles. The second-order valence-corrected chi connectivity index (χ2v) is 6.93. The van der Waals surface area contributed by atoms with Crippen LogP contribution in [0.2, 0.25) is 0 Å². The van der Waals surface area contributed by atoms with Gasteiger partial charge in [-0.3, -0.25) is 9.59 Å². The minimum Gasteiger partial charge on any atom is -0.459 e. The summed E-state index contributed by atoms with van der Waals surface area (Å²) in [4.78, 5) is 26.3. The monoisotopic (exact) mass is 385 g/mol. The number of furan rings is 1. The zero-order valence-electron chi connectivity index (χ0n) is 14.5. The van der Waals surface area contributed by atoms with Crippen LogP contribution in [0.1, 0.15) is 41.2 Å². The Morgan fingerprint density at radius 3 is 2.68 bits per heavy atom. The van der Waals surface area contributed by atoms with E-state index in [0.29, 0.717) is 23.0 Å². The van der Waals surface area contributed by atoms with E-state index in [-0.39, 0.29) is 36.0 Å². The zero-order chi connectivity index (χ0) is 17.7. The van der Waals surface area contributed by atoms with Gasteiger partial charge in [-0.05, 0) is 35.9 Å². The number of amides is 2. The minimum absolute atomic E-state index is 0. The highest BCUT2D eigenvalue weighted by molar-refractivity contribution is 7.14. The first-order valence-electron chi connectivity index (χ1n) is 7.83. The highest BCUT2D eigenvalue weighted by Crippen LogP contribution is 2.25. The zero-order valence-corrected chi connectivity index (χ0v) is 16.2. The molecule has 0 spiro atoms. The SMILES string of the molecule is CC(C)C(N)CCN(C)C(=O)c1ccsc1NC(=O)c1ccco1.Cl. The quantitative estimate of drug-likeness (QED) is 0.763. The van der Waals surface area contributed by atoms with Gasteiger partial charge in [-0.15, -0.1) is 23.7 Å². The van der Waals surface area contributed by atoms with E-state index in [4.69, 9.17) is 10.2 Å². The predicted octanol–water partition coefficient (Wildman–Crippen LogP) is 3.46. The third-order valence-electron chi connectivity index (χ3n) is 3.87. The molecule has 2 aromatic rings. The molecule has 0 fully saturated rings. The number of nitrogens with zero attached hydrogens (tertiary/aromatic N) is 1. The van der Waals surface area contributed by atoms with Crippen molar-refractivity contribution in [2.75, 3.05) is 18.9 Å². The van der Waals surface area contributed by atoms with Gasteiger partial charge in [0.05, 0.1) is 11.8 Å². The second-order valence-electron chi connectivity index (χ2n) is 6.02. The average Bonchev–Trinajstić information content (AvgIpc) is 3.22. The summed E-state index contributed by atoms with van der Waals surface area (Å²) in [5, 5.41) is 5.02. The van der Waals surface area contributed by atoms with E-state index in [0.717, 1.165) is 6.42 Å². The van der Waals surface area contributed by atoms with E-state index in [2.05, 4.69) is 19.2 Å². The van der Waals surface area contributed by atoms with Gasteiger partial charge in [0.2, 0.25) is 0 Å². The maximum Gasteiger partial charge on any atom is 0.291 e. The first-order chi connectivity index (χ1) is 11.4. The summed E-state index contributed by atoms with van der Waals surface area (Å²) in [7, 11) is 1.74. The molecule has 0 bridgehead atoms. The van der Waals surface area contributed by atoms with Crippen LogP contribution < -0.4 is 11.1 Å². The van der Waals surface area contributed by atoms with Crippen LogP contribution in [0.3, 0.4) is 0 Å². The Bertz CT molecular complexity index is 685. The number of hydrogen-bond acceptors (Lipinski definition) is 5. The topological polar surface area (TPSA) is 88.6 Å². The van der Waals surface area contributed by atoms with Crippen LogP contribution in [0.5, 0.6) is 0 Å². The lowest BCUT2D eigenvalue weighted by molar-refractivity contribution is 0.0790. The molecule has 0 aliphatic carbocycles. The first kappa shape index (κ1) is 21.2. The molecular formula is C17H24ClN3O3S. The minimum atomic E-state index is -0.374. The summed E-state index contributed by atoms with van der Waals surface area (Å²) < 4.78 is 5.06. The van der Waals surface area contributed by atoms with Gasteiger partial charge in [0.1, 0.15) is 5.00 Å². The lowest BCUT2D eigenvalue weighted by Crippen LogP contribution is -2.34. The number of rotatable bonds is 7. The van der Waals surface area contributed by atoms with Crippen molar-refractivity contribution >= 4 is 40.6 Å². The van der Waals surface area contributed by atoms with Crippen molar-refractivity contribution in [1.29, 1.82) is 0 Å². The summed E-state index contributed by atoms with van der Waals surface area (Å²) in [5.74, 6) is 0.0683. The summed E-state index contributed by atoms with van der Waals surface area (Å²) in [6, 6.07) is 4.98. The number of halogens is 1. The Hall–Kier alpha value is -1.83. The third kappa shape index (κ3) is 5.59. The largest absolute Gasteiger partial charge is 0.459 e. The molecular weight excluding hydrogens is 362 g/mol. The number of hydrogen-bond donors (Lipinski definition) is 2. The van der Waals surface area contributed by atoms with E-state index in [9.17, 15) is 9.59 Å². The van der Waals surface area contributed by atoms with E-state index in [1.54, 1.807) is 35.5 Å². The molecule has 1 unspecified atom stereocenters. The number of thiophene rings is 1. The summed E-state index contributed by atoms with van der Waals surface area (Å²) >= 11 is 1.30. The van der Waals surface area contributed by atoms with Gasteiger partial charge in [0.25, 0.3) is 11.8 Å². The van der Waals surface area contributed by atoms with Crippen molar-refractivity contribution in [2.45, 2.75) is 26.3 Å². The van der Waals surface area contributed by atoms with Crippen molar-refractivity contribution < 1.29 is 14.0 Å². The van der Waals surface area contributed by atoms with E-state index in [1.165, 1.54) is 17.6 Å². The fourth-order valence-corrected chi connectivity index (χ4v) is 2.90. The summed E-state index contributed by atoms with van der Waals surface area (Å²) in [6.07, 6.45) is 2.17. The van der Waals surface area contributed by atoms with Crippen LogP contribution in [0.25, 0.3) is 0 Å². The Morgan fingerprint density at radius 1 is 1.36 bits per heavy atom. The number of nitrogens with one attached hydrogen (secondary N) is 1. The van der Waals surface area contributed by atoms with Crippen LogP contribution in [0.4, 0.5) is 5.00 Å². The number of carbonyl (C=O) groups excluding carboxylic acids is 2. The highest BCUT2D eigenvalue weighted by atomic mass is 35.5. The molecule has 0 saturated carbocycles. The van der Waals surface area contributed by atoms with Gasteiger partial charge in [0, 0.05) is 19.6 Å². The molecule has 1 atom stereocenters. The molecule has 2 aromatic heterocycles. The van der Waals surface area contributed by atoms with Crippen LogP contribution in [-0.2, 0) is 0 Å². The van der Waals surface area contributed by atoms with Crippen molar-refractivity contribution in [1.82, 2.24) is 4.90 Å². The van der Waals surface area contributed by atoms with Crippen LogP contribution in [0, 0.1) is 5.92 Å². The van der Waals surface area contributed by atoms with Crippen LogP contribution in [-0.4, -0.2) is 36.3 Å². The van der Waals surface area contributed by atoms with Crippen molar-refractivity contribution in [3.05, 3.63) is 41.2 Å². The van der Waals surface area contributed by atoms with Crippen LogP contribution >= 0.6 is 23.7 Å². The molecule has 3 N–H and O–H groups in total. The smallest absolute Gasteiger partial charge is 0.291 e. The molecule has 6 nitrogen and oxygen atoms in total. The Kier molecular flexibility index (Phi) is 8.15. The molecule has 2 amide bonds. The third-order valence-corrected chi connectivity index (χ3v) is 4.70. The molecule has 0 saturated heterocycles. The predicted molar refractivity (Wildman–Crippen MR) is 103 cm³/mol. The lowest BCUT2D eigenvalue weighted by Gasteiger charge is -2.21. The van der Waals surface area contributed by atoms with Crippen molar-refractivity contribution in [3.63, 3.8) is 0 Å².